The fourth-order valence-corrected chi connectivity index (χ4v) is 3.45. The standard InChI is InChI=1S/C16H13N3O4S/c1-19-12-6-9(2-4-13(12)23-16(19)22)14-5-3-11(24-14)7-10(8-17)18-15(20)21/h2-6,10,18H,7H2,1H3,(H,20,21)/t10-/m0/s1. The number of nitrogens with one attached hydrogen (secondary N) is 1. The van der Waals surface area contributed by atoms with E-state index in [4.69, 9.17) is 14.8 Å². The number of thiophene rings is 1. The molecule has 0 bridgehead atoms. The lowest BCUT2D eigenvalue weighted by molar-refractivity contribution is 0.192. The highest BCUT2D eigenvalue weighted by molar-refractivity contribution is 7.15. The number of carboxylic acid groups (broad SMARTS) is 1. The van der Waals surface area contributed by atoms with Crippen LogP contribution in [0.25, 0.3) is 21.5 Å². The second-order valence-electron chi connectivity index (χ2n) is 5.21. The Morgan fingerprint density at radius 3 is 2.96 bits per heavy atom. The van der Waals surface area contributed by atoms with Gasteiger partial charge in [-0.05, 0) is 35.9 Å². The minimum Gasteiger partial charge on any atom is -0.465 e. The molecule has 1 amide bonds. The molecular formula is C16H13N3O4S. The lowest BCUT2D eigenvalue weighted by atomic mass is 10.1. The molecule has 2 heterocycles. The van der Waals surface area contributed by atoms with Crippen molar-refractivity contribution in [1.29, 1.82) is 5.26 Å². The molecule has 0 unspecified atom stereocenters. The van der Waals surface area contributed by atoms with Gasteiger partial charge in [-0.2, -0.15) is 5.26 Å². The Labute approximate surface area is 140 Å². The van der Waals surface area contributed by atoms with Crippen molar-refractivity contribution in [2.45, 2.75) is 12.5 Å². The molecule has 7 nitrogen and oxygen atoms in total. The van der Waals surface area contributed by atoms with Gasteiger partial charge >= 0.3 is 11.8 Å². The molecule has 3 aromatic rings. The highest BCUT2D eigenvalue weighted by Crippen LogP contribution is 2.30. The first-order chi connectivity index (χ1) is 11.5. The van der Waals surface area contributed by atoms with Crippen LogP contribution >= 0.6 is 11.3 Å². The molecule has 0 fully saturated rings. The summed E-state index contributed by atoms with van der Waals surface area (Å²) in [6, 6.07) is 10.4. The molecule has 122 valence electrons. The Hall–Kier alpha value is -3.05. The molecule has 2 aromatic heterocycles. The summed E-state index contributed by atoms with van der Waals surface area (Å²) >= 11 is 1.48. The van der Waals surface area contributed by atoms with Crippen molar-refractivity contribution in [2.75, 3.05) is 0 Å². The number of hydrogen-bond acceptors (Lipinski definition) is 5. The predicted molar refractivity (Wildman–Crippen MR) is 89.0 cm³/mol. The quantitative estimate of drug-likeness (QED) is 0.757. The fraction of sp³-hybridized carbons (Fsp3) is 0.188. The van der Waals surface area contributed by atoms with E-state index >= 15 is 0 Å². The first kappa shape index (κ1) is 15.8. The van der Waals surface area contributed by atoms with E-state index in [0.29, 0.717) is 17.5 Å². The van der Waals surface area contributed by atoms with Gasteiger partial charge in [0, 0.05) is 23.2 Å². The molecule has 24 heavy (non-hydrogen) atoms. The van der Waals surface area contributed by atoms with E-state index in [1.54, 1.807) is 13.1 Å². The summed E-state index contributed by atoms with van der Waals surface area (Å²) in [5.74, 6) is -0.411. The van der Waals surface area contributed by atoms with Crippen LogP contribution < -0.4 is 11.1 Å². The number of aryl methyl sites for hydroxylation is 1. The Balaban J connectivity index is 1.88. The number of nitriles is 1. The van der Waals surface area contributed by atoms with Crippen molar-refractivity contribution >= 4 is 28.5 Å². The van der Waals surface area contributed by atoms with Crippen molar-refractivity contribution in [3.63, 3.8) is 0 Å². The van der Waals surface area contributed by atoms with Gasteiger partial charge in [-0.1, -0.05) is 0 Å². The van der Waals surface area contributed by atoms with E-state index in [2.05, 4.69) is 5.32 Å². The molecule has 0 spiro atoms. The van der Waals surface area contributed by atoms with E-state index in [-0.39, 0.29) is 0 Å². The summed E-state index contributed by atoms with van der Waals surface area (Å²) in [4.78, 5) is 24.1. The number of hydrogen-bond donors (Lipinski definition) is 2. The van der Waals surface area contributed by atoms with Crippen LogP contribution in [0.1, 0.15) is 4.88 Å². The van der Waals surface area contributed by atoms with Crippen LogP contribution in [0, 0.1) is 11.3 Å². The molecule has 8 heteroatoms. The minimum atomic E-state index is -1.22. The van der Waals surface area contributed by atoms with E-state index in [9.17, 15) is 9.59 Å². The number of nitrogens with zero attached hydrogens (tertiary/aromatic N) is 2. The van der Waals surface area contributed by atoms with Crippen LogP contribution in [0.2, 0.25) is 0 Å². The number of aromatic nitrogens is 1. The zero-order valence-electron chi connectivity index (χ0n) is 12.6. The lowest BCUT2D eigenvalue weighted by Gasteiger charge is -2.06. The van der Waals surface area contributed by atoms with Gasteiger partial charge < -0.3 is 14.8 Å². The molecule has 0 aliphatic carbocycles. The van der Waals surface area contributed by atoms with Crippen LogP contribution in [-0.2, 0) is 13.5 Å². The highest BCUT2D eigenvalue weighted by atomic mass is 32.1. The SMILES string of the molecule is Cn1c(=O)oc2ccc(-c3ccc(C[C@@H](C#N)NC(=O)O)s3)cc21. The zero-order valence-corrected chi connectivity index (χ0v) is 13.5. The average molecular weight is 343 g/mol. The van der Waals surface area contributed by atoms with Gasteiger partial charge in [-0.15, -0.1) is 11.3 Å². The molecular weight excluding hydrogens is 330 g/mol. The zero-order chi connectivity index (χ0) is 17.3. The third-order valence-electron chi connectivity index (χ3n) is 3.60. The molecule has 3 rings (SSSR count). The lowest BCUT2D eigenvalue weighted by Crippen LogP contribution is -2.33. The van der Waals surface area contributed by atoms with Crippen molar-refractivity contribution in [2.24, 2.45) is 7.05 Å². The summed E-state index contributed by atoms with van der Waals surface area (Å²) < 4.78 is 6.55. The summed E-state index contributed by atoms with van der Waals surface area (Å²) in [5, 5.41) is 19.9. The Morgan fingerprint density at radius 2 is 2.25 bits per heavy atom. The van der Waals surface area contributed by atoms with E-state index in [0.717, 1.165) is 15.3 Å². The van der Waals surface area contributed by atoms with Crippen LogP contribution in [0.5, 0.6) is 0 Å². The van der Waals surface area contributed by atoms with Crippen molar-refractivity contribution < 1.29 is 14.3 Å². The number of amides is 1. The third-order valence-corrected chi connectivity index (χ3v) is 4.75. The maximum Gasteiger partial charge on any atom is 0.419 e. The van der Waals surface area contributed by atoms with Gasteiger partial charge in [0.05, 0.1) is 11.6 Å². The minimum absolute atomic E-state index is 0.305. The topological polar surface area (TPSA) is 108 Å². The number of rotatable bonds is 4. The third kappa shape index (κ3) is 3.02. The first-order valence-electron chi connectivity index (χ1n) is 7.05. The van der Waals surface area contributed by atoms with Crippen LogP contribution in [0.15, 0.2) is 39.5 Å². The molecule has 0 saturated heterocycles. The van der Waals surface area contributed by atoms with Crippen LogP contribution in [-0.4, -0.2) is 21.8 Å². The van der Waals surface area contributed by atoms with Crippen LogP contribution in [0.4, 0.5) is 4.79 Å². The van der Waals surface area contributed by atoms with Gasteiger partial charge in [0.2, 0.25) is 0 Å². The highest BCUT2D eigenvalue weighted by Gasteiger charge is 2.14. The first-order valence-corrected chi connectivity index (χ1v) is 7.87. The number of fused-ring (bicyclic) bond motifs is 1. The Kier molecular flexibility index (Phi) is 4.10. The van der Waals surface area contributed by atoms with Crippen molar-refractivity contribution in [3.8, 4) is 16.5 Å². The number of oxazole rings is 1. The average Bonchev–Trinajstić information content (AvgIpc) is 3.12. The molecule has 0 radical (unpaired) electrons. The van der Waals surface area contributed by atoms with Gasteiger partial charge in [0.15, 0.2) is 5.58 Å². The Morgan fingerprint density at radius 1 is 1.46 bits per heavy atom. The maximum absolute atomic E-state index is 11.5. The summed E-state index contributed by atoms with van der Waals surface area (Å²) in [6.45, 7) is 0. The van der Waals surface area contributed by atoms with Gasteiger partial charge in [0.1, 0.15) is 6.04 Å². The fourth-order valence-electron chi connectivity index (χ4n) is 2.40. The molecule has 0 aliphatic heterocycles. The van der Waals surface area contributed by atoms with E-state index < -0.39 is 17.9 Å². The van der Waals surface area contributed by atoms with Gasteiger partial charge in [-0.3, -0.25) is 4.57 Å². The van der Waals surface area contributed by atoms with Gasteiger partial charge in [0.25, 0.3) is 0 Å². The van der Waals surface area contributed by atoms with Crippen molar-refractivity contribution in [1.82, 2.24) is 9.88 Å². The van der Waals surface area contributed by atoms with Gasteiger partial charge in [-0.25, -0.2) is 9.59 Å². The normalized spacial score (nSPS) is 12.0. The maximum atomic E-state index is 11.5. The summed E-state index contributed by atoms with van der Waals surface area (Å²) in [7, 11) is 1.65. The van der Waals surface area contributed by atoms with E-state index in [1.165, 1.54) is 15.9 Å². The molecule has 1 aromatic carbocycles. The molecule has 0 saturated carbocycles. The second-order valence-corrected chi connectivity index (χ2v) is 6.38. The smallest absolute Gasteiger partial charge is 0.419 e. The van der Waals surface area contributed by atoms with E-state index in [1.807, 2.05) is 30.3 Å². The van der Waals surface area contributed by atoms with Crippen LogP contribution in [0.3, 0.4) is 0 Å². The Bertz CT molecular complexity index is 1010. The predicted octanol–water partition coefficient (Wildman–Crippen LogP) is 2.56. The molecule has 0 aliphatic rings. The summed E-state index contributed by atoms with van der Waals surface area (Å²) in [5.41, 5.74) is 2.16. The largest absolute Gasteiger partial charge is 0.465 e. The number of benzene rings is 1. The second kappa shape index (κ2) is 6.22. The summed E-state index contributed by atoms with van der Waals surface area (Å²) in [6.07, 6.45) is -0.912. The monoisotopic (exact) mass is 343 g/mol. The van der Waals surface area contributed by atoms with Crippen molar-refractivity contribution in [3.05, 3.63) is 45.8 Å². The molecule has 1 atom stereocenters. The number of carbonyl (C=O) groups is 1. The molecule has 2 N–H and O–H groups in total.